The Morgan fingerprint density at radius 1 is 1.11 bits per heavy atom. The second-order valence-corrected chi connectivity index (χ2v) is 9.07. The average Bonchev–Trinajstić information content (AvgIpc) is 3.55. The first-order valence-corrected chi connectivity index (χ1v) is 11.3. The van der Waals surface area contributed by atoms with Crippen LogP contribution < -0.4 is 5.32 Å². The van der Waals surface area contributed by atoms with Crippen molar-refractivity contribution in [2.75, 3.05) is 25.0 Å². The molecule has 1 aromatic carbocycles. The smallest absolute Gasteiger partial charge is 0.374 e. The van der Waals surface area contributed by atoms with Gasteiger partial charge in [-0.3, -0.25) is 5.32 Å². The molecule has 4 heterocycles. The van der Waals surface area contributed by atoms with E-state index in [4.69, 9.17) is 13.8 Å². The van der Waals surface area contributed by atoms with Crippen LogP contribution >= 0.6 is 0 Å². The van der Waals surface area contributed by atoms with Crippen molar-refractivity contribution >= 4 is 11.9 Å². The van der Waals surface area contributed by atoms with E-state index in [1.807, 2.05) is 13.8 Å². The lowest BCUT2D eigenvalue weighted by molar-refractivity contribution is -0.137. The van der Waals surface area contributed by atoms with Crippen LogP contribution in [0.1, 0.15) is 47.8 Å². The summed E-state index contributed by atoms with van der Waals surface area (Å²) in [6, 6.07) is 4.36. The molecule has 0 bridgehead atoms. The fourth-order valence-corrected chi connectivity index (χ4v) is 4.50. The van der Waals surface area contributed by atoms with Crippen LogP contribution in [0, 0.1) is 13.8 Å². The molecule has 2 aliphatic rings. The number of likely N-dealkylation sites (tertiary alicyclic amines) is 1. The highest BCUT2D eigenvalue weighted by molar-refractivity contribution is 5.88. The Balaban J connectivity index is 1.18. The van der Waals surface area contributed by atoms with Gasteiger partial charge in [-0.2, -0.15) is 18.2 Å². The largest absolute Gasteiger partial charge is 0.416 e. The van der Waals surface area contributed by atoms with E-state index in [1.54, 1.807) is 4.90 Å². The van der Waals surface area contributed by atoms with Gasteiger partial charge in [-0.15, -0.1) is 0 Å². The molecule has 0 radical (unpaired) electrons. The number of aryl methyl sites for hydroxylation is 1. The molecule has 12 heteroatoms. The van der Waals surface area contributed by atoms with Crippen LogP contribution in [0.25, 0.3) is 11.5 Å². The molecule has 5 rings (SSSR count). The van der Waals surface area contributed by atoms with Gasteiger partial charge in [-0.05, 0) is 57.4 Å². The Labute approximate surface area is 198 Å². The number of hydrogen-bond acceptors (Lipinski definition) is 7. The van der Waals surface area contributed by atoms with Crippen molar-refractivity contribution in [3.05, 3.63) is 46.9 Å². The minimum absolute atomic E-state index is 0.0952. The van der Waals surface area contributed by atoms with Gasteiger partial charge in [-0.1, -0.05) is 10.3 Å². The molecule has 1 atom stereocenters. The van der Waals surface area contributed by atoms with Crippen LogP contribution in [-0.2, 0) is 10.9 Å². The van der Waals surface area contributed by atoms with Crippen molar-refractivity contribution < 1.29 is 31.7 Å². The molecule has 0 aliphatic carbocycles. The lowest BCUT2D eigenvalue weighted by Crippen LogP contribution is -2.47. The molecule has 186 valence electrons. The molecule has 1 spiro atoms. The Bertz CT molecular complexity index is 1210. The SMILES string of the molecule is Cc1noc(NC(=O)N2CCC3(CC2)CC(c2noc(-c4ccc(C(F)(F)F)cc4)n2)CO3)c1C. The van der Waals surface area contributed by atoms with Crippen molar-refractivity contribution in [2.24, 2.45) is 0 Å². The van der Waals surface area contributed by atoms with Gasteiger partial charge in [0.05, 0.1) is 23.5 Å². The molecule has 3 aromatic rings. The summed E-state index contributed by atoms with van der Waals surface area (Å²) in [4.78, 5) is 18.7. The molecular weight excluding hydrogens is 467 g/mol. The van der Waals surface area contributed by atoms with E-state index in [2.05, 4.69) is 20.6 Å². The topological polar surface area (TPSA) is 107 Å². The predicted molar refractivity (Wildman–Crippen MR) is 117 cm³/mol. The van der Waals surface area contributed by atoms with E-state index in [1.165, 1.54) is 12.1 Å². The van der Waals surface area contributed by atoms with Crippen LogP contribution in [0.3, 0.4) is 0 Å². The zero-order valence-corrected chi connectivity index (χ0v) is 19.2. The summed E-state index contributed by atoms with van der Waals surface area (Å²) in [5.41, 5.74) is 0.825. The summed E-state index contributed by atoms with van der Waals surface area (Å²) in [7, 11) is 0. The zero-order chi connectivity index (χ0) is 24.8. The average molecular weight is 491 g/mol. The van der Waals surface area contributed by atoms with Crippen LogP contribution in [-0.4, -0.2) is 51.5 Å². The first-order chi connectivity index (χ1) is 16.6. The van der Waals surface area contributed by atoms with Gasteiger partial charge in [0.15, 0.2) is 5.82 Å². The number of nitrogens with one attached hydrogen (secondary N) is 1. The maximum absolute atomic E-state index is 12.8. The molecule has 2 amide bonds. The Hall–Kier alpha value is -3.41. The number of nitrogens with zero attached hydrogens (tertiary/aromatic N) is 4. The number of rotatable bonds is 3. The standard InChI is InChI=1S/C23H24F3N5O4/c1-13-14(2)29-34-19(13)28-21(32)31-9-7-22(8-10-31)11-16(12-33-22)18-27-20(35-30-18)15-3-5-17(6-4-15)23(24,25)26/h3-6,16H,7-12H2,1-2H3,(H,28,32). The summed E-state index contributed by atoms with van der Waals surface area (Å²) < 4.78 is 55.0. The van der Waals surface area contributed by atoms with Gasteiger partial charge in [0.25, 0.3) is 5.89 Å². The zero-order valence-electron chi connectivity index (χ0n) is 19.2. The third-order valence-electron chi connectivity index (χ3n) is 6.81. The molecule has 2 aliphatic heterocycles. The lowest BCUT2D eigenvalue weighted by atomic mass is 9.85. The number of carbonyl (C=O) groups excluding carboxylic acids is 1. The highest BCUT2D eigenvalue weighted by atomic mass is 19.4. The predicted octanol–water partition coefficient (Wildman–Crippen LogP) is 4.93. The number of halogens is 3. The van der Waals surface area contributed by atoms with Crippen molar-refractivity contribution in [1.82, 2.24) is 20.2 Å². The number of ether oxygens (including phenoxy) is 1. The quantitative estimate of drug-likeness (QED) is 0.554. The van der Waals surface area contributed by atoms with Crippen molar-refractivity contribution in [2.45, 2.75) is 50.8 Å². The van der Waals surface area contributed by atoms with E-state index >= 15 is 0 Å². The summed E-state index contributed by atoms with van der Waals surface area (Å²) >= 11 is 0. The normalized spacial score (nSPS) is 19.9. The summed E-state index contributed by atoms with van der Waals surface area (Å²) in [5.74, 6) is 0.889. The number of alkyl halides is 3. The molecule has 2 saturated heterocycles. The summed E-state index contributed by atoms with van der Waals surface area (Å²) in [6.45, 7) is 5.10. The first-order valence-electron chi connectivity index (χ1n) is 11.3. The lowest BCUT2D eigenvalue weighted by Gasteiger charge is -2.38. The van der Waals surface area contributed by atoms with E-state index < -0.39 is 11.7 Å². The third-order valence-corrected chi connectivity index (χ3v) is 6.81. The molecule has 0 saturated carbocycles. The number of aromatic nitrogens is 3. The number of amides is 2. The van der Waals surface area contributed by atoms with Crippen LogP contribution in [0.4, 0.5) is 23.8 Å². The third kappa shape index (κ3) is 4.62. The Kier molecular flexibility index (Phi) is 5.78. The Morgan fingerprint density at radius 2 is 1.83 bits per heavy atom. The molecule has 2 fully saturated rings. The van der Waals surface area contributed by atoms with Gasteiger partial charge in [0.1, 0.15) is 0 Å². The van der Waals surface area contributed by atoms with Crippen LogP contribution in [0.2, 0.25) is 0 Å². The molecule has 9 nitrogen and oxygen atoms in total. The Morgan fingerprint density at radius 3 is 2.46 bits per heavy atom. The highest BCUT2D eigenvalue weighted by Gasteiger charge is 2.45. The molecular formula is C23H24F3N5O4. The number of carbonyl (C=O) groups is 1. The van der Waals surface area contributed by atoms with Gasteiger partial charge < -0.3 is 18.7 Å². The van der Waals surface area contributed by atoms with E-state index in [-0.39, 0.29) is 23.4 Å². The monoisotopic (exact) mass is 491 g/mol. The number of piperidine rings is 1. The second-order valence-electron chi connectivity index (χ2n) is 9.07. The minimum Gasteiger partial charge on any atom is -0.374 e. The molecule has 1 unspecified atom stereocenters. The van der Waals surface area contributed by atoms with E-state index in [0.29, 0.717) is 56.2 Å². The molecule has 1 N–H and O–H groups in total. The summed E-state index contributed by atoms with van der Waals surface area (Å²) in [5, 5.41) is 10.7. The fraction of sp³-hybridized carbons (Fsp3) is 0.478. The van der Waals surface area contributed by atoms with Gasteiger partial charge >= 0.3 is 12.2 Å². The second kappa shape index (κ2) is 8.67. The number of hydrogen-bond donors (Lipinski definition) is 1. The minimum atomic E-state index is -4.40. The fourth-order valence-electron chi connectivity index (χ4n) is 4.50. The van der Waals surface area contributed by atoms with E-state index in [0.717, 1.165) is 23.4 Å². The van der Waals surface area contributed by atoms with Gasteiger partial charge in [-0.25, -0.2) is 4.79 Å². The van der Waals surface area contributed by atoms with Gasteiger partial charge in [0, 0.05) is 30.1 Å². The molecule has 2 aromatic heterocycles. The molecule has 35 heavy (non-hydrogen) atoms. The van der Waals surface area contributed by atoms with Crippen molar-refractivity contribution in [3.63, 3.8) is 0 Å². The van der Waals surface area contributed by atoms with Crippen LogP contribution in [0.15, 0.2) is 33.3 Å². The summed E-state index contributed by atoms with van der Waals surface area (Å²) in [6.07, 6.45) is -2.41. The van der Waals surface area contributed by atoms with Crippen molar-refractivity contribution in [3.8, 4) is 11.5 Å². The number of benzene rings is 1. The highest BCUT2D eigenvalue weighted by Crippen LogP contribution is 2.42. The maximum Gasteiger partial charge on any atom is 0.416 e. The van der Waals surface area contributed by atoms with Crippen molar-refractivity contribution in [1.29, 1.82) is 0 Å². The maximum atomic E-state index is 12.8. The number of anilines is 1. The van der Waals surface area contributed by atoms with Gasteiger partial charge in [0.2, 0.25) is 5.88 Å². The first kappa shape index (κ1) is 23.3. The van der Waals surface area contributed by atoms with Crippen LogP contribution in [0.5, 0.6) is 0 Å². The number of urea groups is 1. The van der Waals surface area contributed by atoms with E-state index in [9.17, 15) is 18.0 Å².